The minimum Gasteiger partial charge on any atom is -0.461 e. The molecule has 138 valence electrons. The van der Waals surface area contributed by atoms with Crippen molar-refractivity contribution in [1.29, 1.82) is 0 Å². The molecule has 1 aromatic heterocycles. The summed E-state index contributed by atoms with van der Waals surface area (Å²) in [5.74, 6) is 1.69. The summed E-state index contributed by atoms with van der Waals surface area (Å²) >= 11 is 1.65. The van der Waals surface area contributed by atoms with Gasteiger partial charge in [-0.15, -0.1) is 10.2 Å². The summed E-state index contributed by atoms with van der Waals surface area (Å²) in [4.78, 5) is 12.1. The van der Waals surface area contributed by atoms with Crippen molar-refractivity contribution in [2.24, 2.45) is 5.41 Å². The van der Waals surface area contributed by atoms with E-state index in [1.807, 2.05) is 0 Å². The monoisotopic (exact) mass is 371 g/mol. The average Bonchev–Trinajstić information content (AvgIpc) is 3.14. The normalized spacial score (nSPS) is 21.0. The molecule has 2 fully saturated rings. The number of benzene rings is 1. The molecule has 2 aliphatic rings. The fourth-order valence-electron chi connectivity index (χ4n) is 3.93. The van der Waals surface area contributed by atoms with E-state index in [1.54, 1.807) is 11.8 Å². The lowest BCUT2D eigenvalue weighted by Gasteiger charge is -2.33. The predicted octanol–water partition coefficient (Wildman–Crippen LogP) is 4.24. The van der Waals surface area contributed by atoms with E-state index in [0.717, 1.165) is 60.9 Å². The molecule has 1 aromatic carbocycles. The molecule has 0 N–H and O–H groups in total. The van der Waals surface area contributed by atoms with Crippen molar-refractivity contribution in [3.63, 3.8) is 0 Å². The lowest BCUT2D eigenvalue weighted by atomic mass is 9.67. The van der Waals surface area contributed by atoms with Gasteiger partial charge < -0.3 is 9.30 Å². The highest BCUT2D eigenvalue weighted by Gasteiger charge is 2.52. The maximum atomic E-state index is 12.1. The summed E-state index contributed by atoms with van der Waals surface area (Å²) in [5.41, 5.74) is 2.15. The van der Waals surface area contributed by atoms with E-state index >= 15 is 0 Å². The van der Waals surface area contributed by atoms with E-state index in [1.165, 1.54) is 5.56 Å². The van der Waals surface area contributed by atoms with Gasteiger partial charge in [0.15, 0.2) is 11.0 Å². The van der Waals surface area contributed by atoms with E-state index in [2.05, 4.69) is 52.9 Å². The van der Waals surface area contributed by atoms with Crippen LogP contribution in [0.5, 0.6) is 0 Å². The first-order valence-electron chi connectivity index (χ1n) is 9.45. The molecule has 1 aliphatic heterocycles. The van der Waals surface area contributed by atoms with Crippen molar-refractivity contribution in [3.8, 4) is 11.4 Å². The molecule has 1 atom stereocenters. The Morgan fingerprint density at radius 2 is 2.19 bits per heavy atom. The fourth-order valence-corrected chi connectivity index (χ4v) is 4.88. The van der Waals surface area contributed by atoms with Gasteiger partial charge >= 0.3 is 5.97 Å². The van der Waals surface area contributed by atoms with Gasteiger partial charge in [0.05, 0.1) is 5.41 Å². The zero-order valence-corrected chi connectivity index (χ0v) is 16.2. The molecule has 0 unspecified atom stereocenters. The Morgan fingerprint density at radius 1 is 1.35 bits per heavy atom. The maximum Gasteiger partial charge on any atom is 0.312 e. The smallest absolute Gasteiger partial charge is 0.312 e. The number of aryl methyl sites for hydroxylation is 1. The summed E-state index contributed by atoms with van der Waals surface area (Å²) in [5, 5.41) is 9.78. The second-order valence-corrected chi connectivity index (χ2v) is 8.49. The first kappa shape index (κ1) is 17.6. The first-order valence-corrected chi connectivity index (χ1v) is 10.4. The number of hydrogen-bond donors (Lipinski definition) is 0. The van der Waals surface area contributed by atoms with Crippen LogP contribution in [0.2, 0.25) is 0 Å². The van der Waals surface area contributed by atoms with Gasteiger partial charge in [0.2, 0.25) is 0 Å². The van der Waals surface area contributed by atoms with Gasteiger partial charge in [-0.3, -0.25) is 4.79 Å². The molecular formula is C20H25N3O2S. The third-order valence-electron chi connectivity index (χ3n) is 5.47. The molecule has 1 saturated carbocycles. The summed E-state index contributed by atoms with van der Waals surface area (Å²) in [6.07, 6.45) is 5.03. The summed E-state index contributed by atoms with van der Waals surface area (Å²) in [6.45, 7) is 5.13. The van der Waals surface area contributed by atoms with Crippen molar-refractivity contribution >= 4 is 17.7 Å². The first-order chi connectivity index (χ1) is 12.6. The van der Waals surface area contributed by atoms with Crippen LogP contribution in [0.25, 0.3) is 11.4 Å². The number of nitrogens with zero attached hydrogens (tertiary/aromatic N) is 3. The molecule has 1 spiro atoms. The number of carbonyl (C=O) groups excluding carboxylic acids is 1. The van der Waals surface area contributed by atoms with Crippen LogP contribution in [-0.2, 0) is 16.1 Å². The molecule has 4 rings (SSSR count). The Kier molecular flexibility index (Phi) is 4.78. The lowest BCUT2D eigenvalue weighted by Crippen LogP contribution is -2.33. The fraction of sp³-hybridized carbons (Fsp3) is 0.550. The van der Waals surface area contributed by atoms with Crippen LogP contribution in [0.1, 0.15) is 44.6 Å². The molecule has 5 nitrogen and oxygen atoms in total. The van der Waals surface area contributed by atoms with E-state index < -0.39 is 0 Å². The quantitative estimate of drug-likeness (QED) is 0.561. The maximum absolute atomic E-state index is 12.1. The molecule has 26 heavy (non-hydrogen) atoms. The Hall–Kier alpha value is -1.82. The van der Waals surface area contributed by atoms with Gasteiger partial charge in [0.25, 0.3) is 0 Å². The van der Waals surface area contributed by atoms with Crippen LogP contribution >= 0.6 is 11.8 Å². The second-order valence-electron chi connectivity index (χ2n) is 7.50. The van der Waals surface area contributed by atoms with Crippen molar-refractivity contribution in [2.45, 2.75) is 63.8 Å². The zero-order valence-electron chi connectivity index (χ0n) is 15.4. The third-order valence-corrected chi connectivity index (χ3v) is 6.57. The standard InChI is InChI=1S/C20H25N3O2S/c1-3-10-23-17(15-7-4-6-14(2)11-15)21-22-19(23)26-13-16-12-20(8-5-9-20)18(24)25-16/h4,6-7,11,16H,3,5,8-10,12-13H2,1-2H3/t16-/m1/s1. The SMILES string of the molecule is CCCn1c(SC[C@H]2CC3(CCC3)C(=O)O2)nnc1-c1cccc(C)c1. The zero-order chi connectivity index (χ0) is 18.1. The van der Waals surface area contributed by atoms with Gasteiger partial charge in [-0.25, -0.2) is 0 Å². The Bertz CT molecular complexity index is 813. The summed E-state index contributed by atoms with van der Waals surface area (Å²) in [7, 11) is 0. The number of rotatable bonds is 6. The van der Waals surface area contributed by atoms with Crippen molar-refractivity contribution < 1.29 is 9.53 Å². The van der Waals surface area contributed by atoms with Gasteiger partial charge in [-0.1, -0.05) is 48.9 Å². The van der Waals surface area contributed by atoms with Crippen LogP contribution in [0.4, 0.5) is 0 Å². The third kappa shape index (κ3) is 3.15. The van der Waals surface area contributed by atoms with Gasteiger partial charge in [-0.05, 0) is 32.3 Å². The number of esters is 1. The minimum absolute atomic E-state index is 0.00185. The lowest BCUT2D eigenvalue weighted by molar-refractivity contribution is -0.151. The van der Waals surface area contributed by atoms with Crippen molar-refractivity contribution in [2.75, 3.05) is 5.75 Å². The van der Waals surface area contributed by atoms with Gasteiger partial charge in [-0.2, -0.15) is 0 Å². The Balaban J connectivity index is 1.49. The van der Waals surface area contributed by atoms with Crippen molar-refractivity contribution in [3.05, 3.63) is 29.8 Å². The summed E-state index contributed by atoms with van der Waals surface area (Å²) < 4.78 is 7.82. The average molecular weight is 372 g/mol. The largest absolute Gasteiger partial charge is 0.461 e. The van der Waals surface area contributed by atoms with E-state index in [9.17, 15) is 4.79 Å². The number of thioether (sulfide) groups is 1. The molecular weight excluding hydrogens is 346 g/mol. The van der Waals surface area contributed by atoms with E-state index in [0.29, 0.717) is 0 Å². The Labute approximate surface area is 158 Å². The predicted molar refractivity (Wildman–Crippen MR) is 102 cm³/mol. The molecule has 1 aliphatic carbocycles. The molecule has 1 saturated heterocycles. The van der Waals surface area contributed by atoms with Crippen LogP contribution < -0.4 is 0 Å². The number of hydrogen-bond acceptors (Lipinski definition) is 5. The van der Waals surface area contributed by atoms with Crippen LogP contribution in [0.3, 0.4) is 0 Å². The van der Waals surface area contributed by atoms with Gasteiger partial charge in [0, 0.05) is 24.3 Å². The van der Waals surface area contributed by atoms with E-state index in [-0.39, 0.29) is 17.5 Å². The van der Waals surface area contributed by atoms with Gasteiger partial charge in [0.1, 0.15) is 6.10 Å². The van der Waals surface area contributed by atoms with Crippen molar-refractivity contribution in [1.82, 2.24) is 14.8 Å². The highest BCUT2D eigenvalue weighted by molar-refractivity contribution is 7.99. The second kappa shape index (κ2) is 7.06. The summed E-state index contributed by atoms with van der Waals surface area (Å²) in [6, 6.07) is 8.36. The number of cyclic esters (lactones) is 1. The number of carbonyl (C=O) groups is 1. The van der Waals surface area contributed by atoms with Crippen LogP contribution in [0, 0.1) is 12.3 Å². The minimum atomic E-state index is -0.158. The molecule has 0 radical (unpaired) electrons. The molecule has 0 bridgehead atoms. The highest BCUT2D eigenvalue weighted by atomic mass is 32.2. The number of aromatic nitrogens is 3. The number of ether oxygens (including phenoxy) is 1. The molecule has 2 heterocycles. The molecule has 2 aromatic rings. The molecule has 6 heteroatoms. The topological polar surface area (TPSA) is 57.0 Å². The van der Waals surface area contributed by atoms with Crippen LogP contribution in [0.15, 0.2) is 29.4 Å². The Morgan fingerprint density at radius 3 is 2.85 bits per heavy atom. The highest BCUT2D eigenvalue weighted by Crippen LogP contribution is 2.50. The van der Waals surface area contributed by atoms with Crippen LogP contribution in [-0.4, -0.2) is 32.6 Å². The van der Waals surface area contributed by atoms with E-state index in [4.69, 9.17) is 4.74 Å². The molecule has 0 amide bonds.